The van der Waals surface area contributed by atoms with Crippen molar-refractivity contribution in [3.05, 3.63) is 78.4 Å². The lowest BCUT2D eigenvalue weighted by molar-refractivity contribution is -0.131. The van der Waals surface area contributed by atoms with Crippen LogP contribution in [0.2, 0.25) is 0 Å². The molecule has 2 aromatic carbocycles. The Morgan fingerprint density at radius 2 is 2.00 bits per heavy atom. The Balaban J connectivity index is 1.74. The summed E-state index contributed by atoms with van der Waals surface area (Å²) in [7, 11) is 1.68. The molecule has 1 amide bonds. The maximum absolute atomic E-state index is 13.7. The van der Waals surface area contributed by atoms with Crippen LogP contribution in [0.15, 0.2) is 67.3 Å². The van der Waals surface area contributed by atoms with Gasteiger partial charge in [0.1, 0.15) is 5.75 Å². The summed E-state index contributed by atoms with van der Waals surface area (Å²) in [5.74, 6) is 1.24. The van der Waals surface area contributed by atoms with Crippen LogP contribution in [0.4, 0.5) is 0 Å². The highest BCUT2D eigenvalue weighted by Crippen LogP contribution is 2.53. The van der Waals surface area contributed by atoms with Gasteiger partial charge in [-0.05, 0) is 68.0 Å². The quantitative estimate of drug-likeness (QED) is 0.550. The van der Waals surface area contributed by atoms with Gasteiger partial charge in [0.15, 0.2) is 0 Å². The Morgan fingerprint density at radius 1 is 1.23 bits per heavy atom. The summed E-state index contributed by atoms with van der Waals surface area (Å²) in [5, 5.41) is 12.3. The molecule has 1 N–H and O–H groups in total. The predicted molar refractivity (Wildman–Crippen MR) is 141 cm³/mol. The first-order valence-electron chi connectivity index (χ1n) is 12.9. The van der Waals surface area contributed by atoms with Gasteiger partial charge in [-0.1, -0.05) is 50.3 Å². The second-order valence-corrected chi connectivity index (χ2v) is 10.7. The van der Waals surface area contributed by atoms with E-state index in [1.165, 1.54) is 0 Å². The van der Waals surface area contributed by atoms with E-state index in [1.54, 1.807) is 7.11 Å². The van der Waals surface area contributed by atoms with E-state index in [0.29, 0.717) is 25.4 Å². The number of carbonyl (C=O) groups is 1. The summed E-state index contributed by atoms with van der Waals surface area (Å²) in [5.41, 5.74) is 0.509. The van der Waals surface area contributed by atoms with E-state index >= 15 is 0 Å². The van der Waals surface area contributed by atoms with E-state index in [0.717, 1.165) is 49.2 Å². The lowest BCUT2D eigenvalue weighted by Crippen LogP contribution is -2.67. The number of likely N-dealkylation sites (tertiary alicyclic amines) is 1. The highest BCUT2D eigenvalue weighted by molar-refractivity contribution is 5.94. The molecule has 2 fully saturated rings. The molecular formula is C30H40N2O3. The minimum Gasteiger partial charge on any atom is -0.497 e. The first kappa shape index (κ1) is 25.5. The molecule has 0 spiro atoms. The maximum atomic E-state index is 13.7. The van der Waals surface area contributed by atoms with Crippen LogP contribution < -0.4 is 4.74 Å². The van der Waals surface area contributed by atoms with Crippen LogP contribution >= 0.6 is 0 Å². The Bertz CT molecular complexity index is 1020. The van der Waals surface area contributed by atoms with Gasteiger partial charge in [-0.25, -0.2) is 0 Å². The summed E-state index contributed by atoms with van der Waals surface area (Å²) in [6.07, 6.45) is 4.92. The number of fused-ring (bicyclic) bond motifs is 1. The van der Waals surface area contributed by atoms with Crippen molar-refractivity contribution in [1.29, 1.82) is 0 Å². The molecule has 2 aliphatic rings. The van der Waals surface area contributed by atoms with Crippen molar-refractivity contribution in [3.63, 3.8) is 0 Å². The molecule has 0 bridgehead atoms. The van der Waals surface area contributed by atoms with Crippen LogP contribution in [0.25, 0.3) is 0 Å². The lowest BCUT2D eigenvalue weighted by Gasteiger charge is -2.59. The Morgan fingerprint density at radius 3 is 2.69 bits per heavy atom. The molecule has 1 heterocycles. The smallest absolute Gasteiger partial charge is 0.254 e. The number of aliphatic hydroxyl groups is 1. The monoisotopic (exact) mass is 476 g/mol. The standard InChI is InChI=1S/C30H40N2O3/c1-5-17-31-18-16-29(25-12-9-13-27(19-25)35-4)20-26(14-15-30(29,34)22-31)32(21-23(2)3)28(33)24-10-7-6-8-11-24/h5-13,19,23,26,34H,1,14-18,20-22H2,2-4H3/t26-,29?,30?/m0/s1. The summed E-state index contributed by atoms with van der Waals surface area (Å²) in [4.78, 5) is 18.1. The molecule has 0 radical (unpaired) electrons. The zero-order valence-electron chi connectivity index (χ0n) is 21.5. The van der Waals surface area contributed by atoms with E-state index in [9.17, 15) is 9.90 Å². The molecule has 5 nitrogen and oxygen atoms in total. The highest BCUT2D eigenvalue weighted by Gasteiger charge is 2.58. The third-order valence-corrected chi connectivity index (χ3v) is 8.00. The Labute approximate surface area is 210 Å². The van der Waals surface area contributed by atoms with Crippen molar-refractivity contribution in [1.82, 2.24) is 9.80 Å². The summed E-state index contributed by atoms with van der Waals surface area (Å²) in [6, 6.07) is 17.8. The van der Waals surface area contributed by atoms with Crippen LogP contribution in [0.1, 0.15) is 55.5 Å². The first-order valence-corrected chi connectivity index (χ1v) is 12.9. The van der Waals surface area contributed by atoms with Gasteiger partial charge >= 0.3 is 0 Å². The van der Waals surface area contributed by atoms with Crippen LogP contribution in [0, 0.1) is 5.92 Å². The molecule has 2 unspecified atom stereocenters. The zero-order valence-corrected chi connectivity index (χ0v) is 21.5. The molecule has 1 aliphatic heterocycles. The summed E-state index contributed by atoms with van der Waals surface area (Å²) < 4.78 is 5.57. The van der Waals surface area contributed by atoms with Crippen LogP contribution in [0.5, 0.6) is 5.75 Å². The van der Waals surface area contributed by atoms with Gasteiger partial charge in [-0.2, -0.15) is 0 Å². The minimum absolute atomic E-state index is 0.0579. The summed E-state index contributed by atoms with van der Waals surface area (Å²) >= 11 is 0. The number of amides is 1. The number of ether oxygens (including phenoxy) is 1. The van der Waals surface area contributed by atoms with Crippen LogP contribution in [-0.4, -0.2) is 65.7 Å². The average molecular weight is 477 g/mol. The van der Waals surface area contributed by atoms with Gasteiger partial charge in [0, 0.05) is 36.7 Å². The van der Waals surface area contributed by atoms with Gasteiger partial charge in [0.25, 0.3) is 5.91 Å². The predicted octanol–water partition coefficient (Wildman–Crippen LogP) is 4.91. The molecule has 35 heavy (non-hydrogen) atoms. The molecule has 2 aromatic rings. The fourth-order valence-electron chi connectivity index (χ4n) is 6.30. The lowest BCUT2D eigenvalue weighted by atomic mass is 9.55. The topological polar surface area (TPSA) is 53.0 Å². The van der Waals surface area contributed by atoms with E-state index in [1.807, 2.05) is 48.5 Å². The number of methoxy groups -OCH3 is 1. The van der Waals surface area contributed by atoms with Crippen LogP contribution in [0.3, 0.4) is 0 Å². The van der Waals surface area contributed by atoms with Gasteiger partial charge in [0.2, 0.25) is 0 Å². The third-order valence-electron chi connectivity index (χ3n) is 8.00. The SMILES string of the molecule is C=CCN1CCC2(c3cccc(OC)c3)C[C@@H](N(CC(C)C)C(=O)c3ccccc3)CCC2(O)C1. The molecule has 1 saturated carbocycles. The second-order valence-electron chi connectivity index (χ2n) is 10.7. The fourth-order valence-corrected chi connectivity index (χ4v) is 6.30. The molecule has 1 saturated heterocycles. The van der Waals surface area contributed by atoms with Crippen LogP contribution in [-0.2, 0) is 5.41 Å². The molecule has 4 rings (SSSR count). The number of piperidine rings is 1. The van der Waals surface area contributed by atoms with E-state index in [4.69, 9.17) is 4.74 Å². The van der Waals surface area contributed by atoms with Gasteiger partial charge < -0.3 is 14.7 Å². The number of rotatable bonds is 8. The Hall–Kier alpha value is -2.63. The largest absolute Gasteiger partial charge is 0.497 e. The molecule has 188 valence electrons. The normalized spacial score (nSPS) is 26.7. The van der Waals surface area contributed by atoms with Crippen molar-refractivity contribution in [2.24, 2.45) is 5.92 Å². The number of hydrogen-bond acceptors (Lipinski definition) is 4. The van der Waals surface area contributed by atoms with Crippen molar-refractivity contribution < 1.29 is 14.6 Å². The number of β-amino-alcohol motifs (C(OH)–C–C–N with tert-alkyl or cyclic N) is 1. The summed E-state index contributed by atoms with van der Waals surface area (Å²) in [6.45, 7) is 11.2. The zero-order chi connectivity index (χ0) is 25.1. The van der Waals surface area contributed by atoms with Crippen molar-refractivity contribution >= 4 is 5.91 Å². The molecule has 5 heteroatoms. The number of carbonyl (C=O) groups excluding carboxylic acids is 1. The second kappa shape index (κ2) is 10.5. The van der Waals surface area contributed by atoms with Gasteiger partial charge in [0.05, 0.1) is 12.7 Å². The van der Waals surface area contributed by atoms with Gasteiger partial charge in [-0.3, -0.25) is 9.69 Å². The van der Waals surface area contributed by atoms with Crippen molar-refractivity contribution in [2.45, 2.75) is 56.6 Å². The molecule has 0 aromatic heterocycles. The maximum Gasteiger partial charge on any atom is 0.254 e. The fraction of sp³-hybridized carbons (Fsp3) is 0.500. The third kappa shape index (κ3) is 5.03. The van der Waals surface area contributed by atoms with E-state index in [-0.39, 0.29) is 11.9 Å². The average Bonchev–Trinajstić information content (AvgIpc) is 2.87. The Kier molecular flexibility index (Phi) is 7.67. The number of hydrogen-bond donors (Lipinski definition) is 1. The first-order chi connectivity index (χ1) is 16.8. The van der Waals surface area contributed by atoms with Gasteiger partial charge in [-0.15, -0.1) is 6.58 Å². The molecule has 3 atom stereocenters. The molecular weight excluding hydrogens is 436 g/mol. The highest BCUT2D eigenvalue weighted by atomic mass is 16.5. The van der Waals surface area contributed by atoms with Crippen molar-refractivity contribution in [3.8, 4) is 5.75 Å². The number of nitrogens with zero attached hydrogens (tertiary/aromatic N) is 2. The number of benzene rings is 2. The molecule has 1 aliphatic carbocycles. The van der Waals surface area contributed by atoms with E-state index in [2.05, 4.69) is 42.4 Å². The minimum atomic E-state index is -0.879. The van der Waals surface area contributed by atoms with Crippen molar-refractivity contribution in [2.75, 3.05) is 33.3 Å². The van der Waals surface area contributed by atoms with E-state index < -0.39 is 11.0 Å².